The molecule has 31 heavy (non-hydrogen) atoms. The summed E-state index contributed by atoms with van der Waals surface area (Å²) in [5.74, 6) is 1.70. The fourth-order valence-electron chi connectivity index (χ4n) is 3.67. The van der Waals surface area contributed by atoms with E-state index in [1.54, 1.807) is 14.2 Å². The zero-order chi connectivity index (χ0) is 21.2. The Bertz CT molecular complexity index is 813. The molecule has 3 rings (SSSR count). The number of aliphatic imine (C=N–C) groups is 1. The second kappa shape index (κ2) is 13.8. The number of rotatable bonds is 8. The molecule has 170 valence electrons. The zero-order valence-corrected chi connectivity index (χ0v) is 21.2. The number of morpholine rings is 1. The Kier molecular flexibility index (Phi) is 11.4. The molecule has 1 aliphatic rings. The number of hydrogen-bond acceptors (Lipinski definition) is 4. The van der Waals surface area contributed by atoms with Crippen LogP contribution < -0.4 is 15.4 Å². The minimum absolute atomic E-state index is 0. The van der Waals surface area contributed by atoms with Crippen LogP contribution in [0.25, 0.3) is 0 Å². The van der Waals surface area contributed by atoms with Crippen LogP contribution in [-0.2, 0) is 11.2 Å². The highest BCUT2D eigenvalue weighted by Crippen LogP contribution is 2.23. The van der Waals surface area contributed by atoms with Crippen molar-refractivity contribution < 1.29 is 9.47 Å². The molecule has 6 nitrogen and oxygen atoms in total. The van der Waals surface area contributed by atoms with Crippen LogP contribution in [0.1, 0.15) is 17.2 Å². The van der Waals surface area contributed by atoms with Gasteiger partial charge in [0.15, 0.2) is 5.96 Å². The summed E-state index contributed by atoms with van der Waals surface area (Å²) in [6.45, 7) is 4.86. The Morgan fingerprint density at radius 3 is 2.52 bits per heavy atom. The quantitative estimate of drug-likeness (QED) is 0.294. The molecule has 0 bridgehead atoms. The van der Waals surface area contributed by atoms with E-state index in [9.17, 15) is 0 Å². The van der Waals surface area contributed by atoms with Gasteiger partial charge in [0.2, 0.25) is 0 Å². The molecular weight excluding hydrogens is 527 g/mol. The highest BCUT2D eigenvalue weighted by molar-refractivity contribution is 14.0. The lowest BCUT2D eigenvalue weighted by molar-refractivity contribution is 0.0170. The number of nitrogens with one attached hydrogen (secondary N) is 2. The first-order valence-electron chi connectivity index (χ1n) is 10.3. The summed E-state index contributed by atoms with van der Waals surface area (Å²) in [4.78, 5) is 6.83. The van der Waals surface area contributed by atoms with Crippen LogP contribution in [0, 0.1) is 0 Å². The summed E-state index contributed by atoms with van der Waals surface area (Å²) in [5, 5.41) is 7.65. The van der Waals surface area contributed by atoms with Crippen LogP contribution in [0.5, 0.6) is 5.75 Å². The van der Waals surface area contributed by atoms with Crippen molar-refractivity contribution in [3.05, 3.63) is 64.7 Å². The number of para-hydroxylation sites is 1. The highest BCUT2D eigenvalue weighted by atomic mass is 127. The lowest BCUT2D eigenvalue weighted by atomic mass is 10.0. The van der Waals surface area contributed by atoms with Gasteiger partial charge in [-0.3, -0.25) is 9.89 Å². The molecule has 0 spiro atoms. The predicted octanol–water partition coefficient (Wildman–Crippen LogP) is 3.75. The van der Waals surface area contributed by atoms with Crippen molar-refractivity contribution in [2.75, 3.05) is 53.6 Å². The summed E-state index contributed by atoms with van der Waals surface area (Å²) >= 11 is 6.09. The average Bonchev–Trinajstić information content (AvgIpc) is 2.80. The fraction of sp³-hybridized carbons (Fsp3) is 0.435. The largest absolute Gasteiger partial charge is 0.496 e. The molecule has 8 heteroatoms. The lowest BCUT2D eigenvalue weighted by Crippen LogP contribution is -2.46. The van der Waals surface area contributed by atoms with E-state index in [1.165, 1.54) is 11.1 Å². The Hall–Kier alpha value is -1.55. The van der Waals surface area contributed by atoms with Gasteiger partial charge in [-0.2, -0.15) is 0 Å². The predicted molar refractivity (Wildman–Crippen MR) is 138 cm³/mol. The van der Waals surface area contributed by atoms with Gasteiger partial charge < -0.3 is 20.1 Å². The van der Waals surface area contributed by atoms with Gasteiger partial charge in [-0.1, -0.05) is 41.9 Å². The van der Waals surface area contributed by atoms with Gasteiger partial charge in [0.05, 0.1) is 26.4 Å². The molecule has 1 aliphatic heterocycles. The molecule has 2 aromatic carbocycles. The smallest absolute Gasteiger partial charge is 0.191 e. The molecule has 2 N–H and O–H groups in total. The standard InChI is InChI=1S/C23H31ClN4O2.HI/c1-25-23(26-12-11-19-5-3-4-6-22(19)29-2)27-17-21(28-13-15-30-16-14-28)18-7-9-20(24)10-8-18;/h3-10,21H,11-17H2,1-2H3,(H2,25,26,27);1H. The number of halogens is 2. The average molecular weight is 559 g/mol. The molecule has 0 amide bonds. The van der Waals surface area contributed by atoms with Crippen LogP contribution >= 0.6 is 35.6 Å². The first kappa shape index (κ1) is 25.7. The first-order valence-corrected chi connectivity index (χ1v) is 10.7. The summed E-state index contributed by atoms with van der Waals surface area (Å²) in [6, 6.07) is 16.4. The summed E-state index contributed by atoms with van der Waals surface area (Å²) in [6.07, 6.45) is 0.856. The van der Waals surface area contributed by atoms with E-state index in [0.717, 1.165) is 62.5 Å². The minimum atomic E-state index is 0. The second-order valence-corrected chi connectivity index (χ2v) is 7.59. The van der Waals surface area contributed by atoms with E-state index in [4.69, 9.17) is 21.1 Å². The number of guanidine groups is 1. The molecule has 1 atom stereocenters. The number of benzene rings is 2. The molecule has 0 radical (unpaired) electrons. The van der Waals surface area contributed by atoms with Gasteiger partial charge in [-0.05, 0) is 35.7 Å². The molecule has 1 unspecified atom stereocenters. The SMILES string of the molecule is CN=C(NCCc1ccccc1OC)NCC(c1ccc(Cl)cc1)N1CCOCC1.I. The van der Waals surface area contributed by atoms with E-state index in [-0.39, 0.29) is 30.0 Å². The maximum absolute atomic E-state index is 6.09. The highest BCUT2D eigenvalue weighted by Gasteiger charge is 2.23. The zero-order valence-electron chi connectivity index (χ0n) is 18.1. The first-order chi connectivity index (χ1) is 14.7. The molecule has 2 aromatic rings. The van der Waals surface area contributed by atoms with Crippen LogP contribution in [0.2, 0.25) is 5.02 Å². The van der Waals surface area contributed by atoms with Crippen molar-refractivity contribution in [2.24, 2.45) is 4.99 Å². The Morgan fingerprint density at radius 2 is 1.84 bits per heavy atom. The van der Waals surface area contributed by atoms with Gasteiger partial charge in [0, 0.05) is 38.2 Å². The van der Waals surface area contributed by atoms with E-state index < -0.39 is 0 Å². The minimum Gasteiger partial charge on any atom is -0.496 e. The molecule has 1 saturated heterocycles. The van der Waals surface area contributed by atoms with Crippen LogP contribution in [0.15, 0.2) is 53.5 Å². The van der Waals surface area contributed by atoms with Crippen LogP contribution in [-0.4, -0.2) is 64.4 Å². The maximum Gasteiger partial charge on any atom is 0.191 e. The van der Waals surface area contributed by atoms with Crippen molar-refractivity contribution in [1.29, 1.82) is 0 Å². The van der Waals surface area contributed by atoms with E-state index in [1.807, 2.05) is 30.3 Å². The monoisotopic (exact) mass is 558 g/mol. The second-order valence-electron chi connectivity index (χ2n) is 7.16. The topological polar surface area (TPSA) is 58.1 Å². The Labute approximate surface area is 207 Å². The van der Waals surface area contributed by atoms with Crippen LogP contribution in [0.4, 0.5) is 0 Å². The lowest BCUT2D eigenvalue weighted by Gasteiger charge is -2.35. The number of hydrogen-bond donors (Lipinski definition) is 2. The van der Waals surface area contributed by atoms with E-state index in [0.29, 0.717) is 0 Å². The summed E-state index contributed by atoms with van der Waals surface area (Å²) in [7, 11) is 3.50. The summed E-state index contributed by atoms with van der Waals surface area (Å²) < 4.78 is 11.0. The molecule has 0 saturated carbocycles. The van der Waals surface area contributed by atoms with Crippen molar-refractivity contribution in [3.63, 3.8) is 0 Å². The van der Waals surface area contributed by atoms with Crippen LogP contribution in [0.3, 0.4) is 0 Å². The number of methoxy groups -OCH3 is 1. The Balaban J connectivity index is 0.00000341. The molecule has 1 heterocycles. The van der Waals surface area contributed by atoms with Gasteiger partial charge in [0.25, 0.3) is 0 Å². The molecule has 0 aromatic heterocycles. The Morgan fingerprint density at radius 1 is 1.13 bits per heavy atom. The van der Waals surface area contributed by atoms with E-state index >= 15 is 0 Å². The molecule has 0 aliphatic carbocycles. The molecular formula is C23H32ClIN4O2. The fourth-order valence-corrected chi connectivity index (χ4v) is 3.80. The molecule has 1 fully saturated rings. The third-order valence-corrected chi connectivity index (χ3v) is 5.56. The van der Waals surface area contributed by atoms with Gasteiger partial charge in [-0.25, -0.2) is 0 Å². The van der Waals surface area contributed by atoms with Crippen molar-refractivity contribution >= 4 is 41.5 Å². The van der Waals surface area contributed by atoms with Crippen molar-refractivity contribution in [1.82, 2.24) is 15.5 Å². The summed E-state index contributed by atoms with van der Waals surface area (Å²) in [5.41, 5.74) is 2.41. The van der Waals surface area contributed by atoms with Gasteiger partial charge in [0.1, 0.15) is 5.75 Å². The third kappa shape index (κ3) is 7.82. The van der Waals surface area contributed by atoms with Crippen molar-refractivity contribution in [3.8, 4) is 5.75 Å². The van der Waals surface area contributed by atoms with Gasteiger partial charge in [-0.15, -0.1) is 24.0 Å². The number of nitrogens with zero attached hydrogens (tertiary/aromatic N) is 2. The van der Waals surface area contributed by atoms with Gasteiger partial charge >= 0.3 is 0 Å². The normalized spacial score (nSPS) is 15.6. The number of ether oxygens (including phenoxy) is 2. The van der Waals surface area contributed by atoms with Crippen molar-refractivity contribution in [2.45, 2.75) is 12.5 Å². The van der Waals surface area contributed by atoms with E-state index in [2.05, 4.69) is 38.7 Å². The third-order valence-electron chi connectivity index (χ3n) is 5.31. The maximum atomic E-state index is 6.09.